The minimum Gasteiger partial charge on any atom is -0.466 e. The Hall–Kier alpha value is -2.37. The Bertz CT molecular complexity index is 613. The molecule has 0 fully saturated rings. The number of hydrogen-bond donors (Lipinski definition) is 1. The number of methoxy groups -OCH3 is 1. The number of allylic oxidation sites excluding steroid dienone is 1. The number of nitrogens with zero attached hydrogens (tertiary/aromatic N) is 1. The van der Waals surface area contributed by atoms with Gasteiger partial charge in [0.1, 0.15) is 5.82 Å². The number of esters is 1. The van der Waals surface area contributed by atoms with Crippen LogP contribution in [-0.4, -0.2) is 30.6 Å². The zero-order valence-electron chi connectivity index (χ0n) is 12.1. The van der Waals surface area contributed by atoms with Crippen molar-refractivity contribution in [2.75, 3.05) is 13.7 Å². The average Bonchev–Trinajstić information content (AvgIpc) is 2.47. The number of carbonyl (C=O) groups is 2. The van der Waals surface area contributed by atoms with Crippen LogP contribution >= 0.6 is 0 Å². The van der Waals surface area contributed by atoms with Gasteiger partial charge in [-0.3, -0.25) is 4.90 Å². The summed E-state index contributed by atoms with van der Waals surface area (Å²) in [6.07, 6.45) is 0. The third kappa shape index (κ3) is 2.61. The van der Waals surface area contributed by atoms with Crippen LogP contribution in [-0.2, 0) is 9.53 Å². The third-order valence-electron chi connectivity index (χ3n) is 3.53. The standard InChI is InChI=1S/C15H17FN2O3/c1-4-18-9(2)12(14(19)21-3)13(17-15(18)20)10-7-5-6-8-11(10)16/h5-8,13H,4H2,1-3H3,(H,17,20). The summed E-state index contributed by atoms with van der Waals surface area (Å²) in [6, 6.07) is 4.82. The Morgan fingerprint density at radius 1 is 1.43 bits per heavy atom. The molecule has 21 heavy (non-hydrogen) atoms. The summed E-state index contributed by atoms with van der Waals surface area (Å²) in [5.74, 6) is -1.07. The van der Waals surface area contributed by atoms with Gasteiger partial charge in [-0.25, -0.2) is 14.0 Å². The van der Waals surface area contributed by atoms with E-state index in [4.69, 9.17) is 4.74 Å². The lowest BCUT2D eigenvalue weighted by molar-refractivity contribution is -0.136. The topological polar surface area (TPSA) is 58.6 Å². The molecule has 1 atom stereocenters. The van der Waals surface area contributed by atoms with E-state index in [9.17, 15) is 14.0 Å². The van der Waals surface area contributed by atoms with Gasteiger partial charge in [0.05, 0.1) is 18.7 Å². The van der Waals surface area contributed by atoms with Crippen LogP contribution in [0.15, 0.2) is 35.5 Å². The van der Waals surface area contributed by atoms with Crippen LogP contribution in [0.1, 0.15) is 25.5 Å². The van der Waals surface area contributed by atoms with E-state index in [2.05, 4.69) is 5.32 Å². The zero-order chi connectivity index (χ0) is 15.6. The number of nitrogens with one attached hydrogen (secondary N) is 1. The molecule has 0 saturated heterocycles. The lowest BCUT2D eigenvalue weighted by atomic mass is 9.94. The van der Waals surface area contributed by atoms with Crippen molar-refractivity contribution in [3.8, 4) is 0 Å². The van der Waals surface area contributed by atoms with Crippen LogP contribution in [0.3, 0.4) is 0 Å². The van der Waals surface area contributed by atoms with E-state index < -0.39 is 17.8 Å². The zero-order valence-corrected chi connectivity index (χ0v) is 12.1. The average molecular weight is 292 g/mol. The molecule has 1 heterocycles. The molecular weight excluding hydrogens is 275 g/mol. The maximum absolute atomic E-state index is 14.0. The fourth-order valence-corrected chi connectivity index (χ4v) is 2.48. The van der Waals surface area contributed by atoms with E-state index in [1.54, 1.807) is 26.0 Å². The van der Waals surface area contributed by atoms with Crippen LogP contribution in [0.2, 0.25) is 0 Å². The number of amides is 2. The van der Waals surface area contributed by atoms with Crippen LogP contribution in [0.5, 0.6) is 0 Å². The van der Waals surface area contributed by atoms with E-state index in [0.717, 1.165) is 0 Å². The molecule has 2 amide bonds. The smallest absolute Gasteiger partial charge is 0.337 e. The first-order valence-corrected chi connectivity index (χ1v) is 6.62. The Morgan fingerprint density at radius 2 is 2.10 bits per heavy atom. The van der Waals surface area contributed by atoms with Gasteiger partial charge in [0.25, 0.3) is 0 Å². The maximum atomic E-state index is 14.0. The molecule has 0 bridgehead atoms. The molecule has 0 radical (unpaired) electrons. The molecule has 1 aromatic rings. The first-order chi connectivity index (χ1) is 10.0. The molecule has 1 unspecified atom stereocenters. The first kappa shape index (κ1) is 15.0. The van der Waals surface area contributed by atoms with Crippen molar-refractivity contribution < 1.29 is 18.7 Å². The van der Waals surface area contributed by atoms with Crippen molar-refractivity contribution in [2.45, 2.75) is 19.9 Å². The van der Waals surface area contributed by atoms with Crippen molar-refractivity contribution in [1.82, 2.24) is 10.2 Å². The predicted molar refractivity (Wildman–Crippen MR) is 74.8 cm³/mol. The first-order valence-electron chi connectivity index (χ1n) is 6.62. The minimum atomic E-state index is -0.853. The number of benzene rings is 1. The second-order valence-corrected chi connectivity index (χ2v) is 4.64. The van der Waals surface area contributed by atoms with Crippen molar-refractivity contribution in [1.29, 1.82) is 0 Å². The molecule has 6 heteroatoms. The lowest BCUT2D eigenvalue weighted by Gasteiger charge is -2.34. The summed E-state index contributed by atoms with van der Waals surface area (Å²) >= 11 is 0. The number of urea groups is 1. The normalized spacial score (nSPS) is 18.6. The molecule has 0 spiro atoms. The highest BCUT2D eigenvalue weighted by atomic mass is 19.1. The van der Waals surface area contributed by atoms with Gasteiger partial charge in [-0.2, -0.15) is 0 Å². The SMILES string of the molecule is CCN1C(=O)NC(c2ccccc2F)C(C(=O)OC)=C1C. The van der Waals surface area contributed by atoms with E-state index in [1.807, 2.05) is 0 Å². The molecule has 112 valence electrons. The van der Waals surface area contributed by atoms with E-state index >= 15 is 0 Å². The van der Waals surface area contributed by atoms with Gasteiger partial charge in [-0.15, -0.1) is 0 Å². The molecule has 5 nitrogen and oxygen atoms in total. The van der Waals surface area contributed by atoms with E-state index in [0.29, 0.717) is 12.2 Å². The van der Waals surface area contributed by atoms with Gasteiger partial charge in [0.2, 0.25) is 0 Å². The van der Waals surface area contributed by atoms with Crippen molar-refractivity contribution >= 4 is 12.0 Å². The fourth-order valence-electron chi connectivity index (χ4n) is 2.48. The molecular formula is C15H17FN2O3. The van der Waals surface area contributed by atoms with Gasteiger partial charge in [0.15, 0.2) is 0 Å². The molecule has 0 saturated carbocycles. The van der Waals surface area contributed by atoms with Gasteiger partial charge < -0.3 is 10.1 Å². The second kappa shape index (κ2) is 5.95. The monoisotopic (exact) mass is 292 g/mol. The molecule has 1 N–H and O–H groups in total. The quantitative estimate of drug-likeness (QED) is 0.870. The lowest BCUT2D eigenvalue weighted by Crippen LogP contribution is -2.48. The largest absolute Gasteiger partial charge is 0.466 e. The van der Waals surface area contributed by atoms with E-state index in [1.165, 1.54) is 24.1 Å². The molecule has 0 aliphatic carbocycles. The highest BCUT2D eigenvalue weighted by molar-refractivity contribution is 5.94. The summed E-state index contributed by atoms with van der Waals surface area (Å²) in [4.78, 5) is 25.6. The highest BCUT2D eigenvalue weighted by Gasteiger charge is 2.36. The maximum Gasteiger partial charge on any atom is 0.337 e. The van der Waals surface area contributed by atoms with E-state index in [-0.39, 0.29) is 17.2 Å². The number of ether oxygens (including phenoxy) is 1. The number of rotatable bonds is 3. The summed E-state index contributed by atoms with van der Waals surface area (Å²) in [7, 11) is 1.26. The Labute approximate surface area is 122 Å². The molecule has 1 aliphatic heterocycles. The Morgan fingerprint density at radius 3 is 2.67 bits per heavy atom. The molecule has 0 aromatic heterocycles. The fraction of sp³-hybridized carbons (Fsp3) is 0.333. The van der Waals surface area contributed by atoms with Gasteiger partial charge in [0, 0.05) is 17.8 Å². The van der Waals surface area contributed by atoms with Gasteiger partial charge in [-0.05, 0) is 19.9 Å². The Kier molecular flexibility index (Phi) is 4.26. The van der Waals surface area contributed by atoms with Crippen molar-refractivity contribution in [3.63, 3.8) is 0 Å². The summed E-state index contributed by atoms with van der Waals surface area (Å²) in [5.41, 5.74) is 0.951. The van der Waals surface area contributed by atoms with Crippen LogP contribution in [0.25, 0.3) is 0 Å². The number of hydrogen-bond acceptors (Lipinski definition) is 3. The van der Waals surface area contributed by atoms with Crippen molar-refractivity contribution in [2.24, 2.45) is 0 Å². The summed E-state index contributed by atoms with van der Waals surface area (Å²) in [5, 5.41) is 2.66. The minimum absolute atomic E-state index is 0.237. The van der Waals surface area contributed by atoms with Gasteiger partial charge >= 0.3 is 12.0 Å². The molecule has 1 aromatic carbocycles. The van der Waals surface area contributed by atoms with Crippen LogP contribution in [0.4, 0.5) is 9.18 Å². The van der Waals surface area contributed by atoms with Gasteiger partial charge in [-0.1, -0.05) is 18.2 Å². The number of carbonyl (C=O) groups excluding carboxylic acids is 2. The third-order valence-corrected chi connectivity index (χ3v) is 3.53. The summed E-state index contributed by atoms with van der Waals surface area (Å²) < 4.78 is 18.8. The second-order valence-electron chi connectivity index (χ2n) is 4.64. The Balaban J connectivity index is 2.59. The van der Waals surface area contributed by atoms with Crippen LogP contribution in [0, 0.1) is 5.82 Å². The highest BCUT2D eigenvalue weighted by Crippen LogP contribution is 2.32. The molecule has 2 rings (SSSR count). The predicted octanol–water partition coefficient (Wildman–Crippen LogP) is 2.36. The van der Waals surface area contributed by atoms with Crippen molar-refractivity contribution in [3.05, 3.63) is 46.9 Å². The van der Waals surface area contributed by atoms with Crippen LogP contribution < -0.4 is 5.32 Å². The molecule has 1 aliphatic rings. The summed E-state index contributed by atoms with van der Waals surface area (Å²) in [6.45, 7) is 3.85. The number of halogens is 1.